The van der Waals surface area contributed by atoms with Gasteiger partial charge in [-0.05, 0) is 78.9 Å². The van der Waals surface area contributed by atoms with Crippen LogP contribution in [0.15, 0.2) is 64.8 Å². The summed E-state index contributed by atoms with van der Waals surface area (Å²) in [5, 5.41) is 8.81. The van der Waals surface area contributed by atoms with Crippen molar-refractivity contribution < 1.29 is 0 Å². The lowest BCUT2D eigenvalue weighted by atomic mass is 10.2. The topological polar surface area (TPSA) is 34.6 Å². The van der Waals surface area contributed by atoms with Gasteiger partial charge in [0.15, 0.2) is 0 Å². The quantitative estimate of drug-likeness (QED) is 0.217. The lowest BCUT2D eigenvalue weighted by molar-refractivity contribution is 0.889. The lowest BCUT2D eigenvalue weighted by Gasteiger charge is -2.09. The van der Waals surface area contributed by atoms with Crippen LogP contribution in [0.2, 0.25) is 0 Å². The average molecular weight is 486 g/mol. The van der Waals surface area contributed by atoms with Crippen molar-refractivity contribution in [3.63, 3.8) is 0 Å². The Hall–Kier alpha value is -2.19. The number of hydrogen-bond acceptors (Lipinski definition) is 3. The molecule has 136 valence electrons. The second-order valence-corrected chi connectivity index (χ2v) is 8.65. The molecule has 0 spiro atoms. The van der Waals surface area contributed by atoms with Gasteiger partial charge in [-0.15, -0.1) is 5.10 Å². The minimum atomic E-state index is 0.888. The molecule has 0 atom stereocenters. The fourth-order valence-corrected chi connectivity index (χ4v) is 4.56. The molecule has 0 unspecified atom stereocenters. The van der Waals surface area contributed by atoms with E-state index in [1.54, 1.807) is 11.3 Å². The molecular formula is C21H19IN4S. The largest absolute Gasteiger partial charge is 0.318 e. The van der Waals surface area contributed by atoms with Gasteiger partial charge in [-0.25, -0.2) is 0 Å². The van der Waals surface area contributed by atoms with Crippen molar-refractivity contribution in [1.29, 1.82) is 0 Å². The first-order valence-electron chi connectivity index (χ1n) is 8.61. The number of hydrogen-bond donors (Lipinski definition) is 0. The highest BCUT2D eigenvalue weighted by molar-refractivity contribution is 14.1. The summed E-state index contributed by atoms with van der Waals surface area (Å²) < 4.78 is 6.77. The van der Waals surface area contributed by atoms with E-state index in [1.807, 2.05) is 25.4 Å². The molecule has 0 radical (unpaired) electrons. The summed E-state index contributed by atoms with van der Waals surface area (Å²) in [5.74, 6) is 0. The summed E-state index contributed by atoms with van der Waals surface area (Å²) in [6.45, 7) is 4.23. The Morgan fingerprint density at radius 1 is 1.04 bits per heavy atom. The van der Waals surface area contributed by atoms with Gasteiger partial charge in [0.05, 0.1) is 16.4 Å². The number of thiazole rings is 1. The second-order valence-electron chi connectivity index (χ2n) is 6.39. The monoisotopic (exact) mass is 486 g/mol. The standard InChI is InChI=1S/C21H19IN4S/c1-14-12-16(15(2)26(14)18-10-8-17(22)9-11-18)13-23-24-21-25(3)19-6-4-5-7-20(19)27-21/h4-13H,1-3H3/b23-13-,24-21-. The van der Waals surface area contributed by atoms with Crippen LogP contribution in [0.1, 0.15) is 17.0 Å². The maximum atomic E-state index is 4.44. The summed E-state index contributed by atoms with van der Waals surface area (Å²) in [5.41, 5.74) is 5.76. The maximum absolute atomic E-state index is 4.44. The third-order valence-corrected chi connectivity index (χ3v) is 6.43. The van der Waals surface area contributed by atoms with Gasteiger partial charge in [0.2, 0.25) is 4.80 Å². The smallest absolute Gasteiger partial charge is 0.211 e. The summed E-state index contributed by atoms with van der Waals surface area (Å²) in [6, 6.07) is 19.0. The molecule has 0 saturated heterocycles. The zero-order valence-corrected chi connectivity index (χ0v) is 18.3. The van der Waals surface area contributed by atoms with Gasteiger partial charge in [-0.2, -0.15) is 5.10 Å². The van der Waals surface area contributed by atoms with Gasteiger partial charge in [-0.3, -0.25) is 0 Å². The Kier molecular flexibility index (Phi) is 5.01. The molecule has 2 heterocycles. The summed E-state index contributed by atoms with van der Waals surface area (Å²) in [6.07, 6.45) is 1.84. The van der Waals surface area contributed by atoms with Crippen LogP contribution in [0.5, 0.6) is 0 Å². The average Bonchev–Trinajstić information content (AvgIpc) is 3.13. The number of aromatic nitrogens is 2. The molecule has 0 fully saturated rings. The number of halogens is 1. The van der Waals surface area contributed by atoms with Crippen LogP contribution >= 0.6 is 33.9 Å². The van der Waals surface area contributed by atoms with E-state index in [0.717, 1.165) is 21.7 Å². The van der Waals surface area contributed by atoms with Gasteiger partial charge in [0.1, 0.15) is 0 Å². The number of benzene rings is 2. The van der Waals surface area contributed by atoms with Crippen molar-refractivity contribution in [3.8, 4) is 5.69 Å². The van der Waals surface area contributed by atoms with Crippen molar-refractivity contribution in [2.45, 2.75) is 13.8 Å². The van der Waals surface area contributed by atoms with Gasteiger partial charge in [0.25, 0.3) is 0 Å². The molecule has 2 aromatic heterocycles. The van der Waals surface area contributed by atoms with E-state index in [-0.39, 0.29) is 0 Å². The molecule has 0 aliphatic rings. The Bertz CT molecular complexity index is 1210. The highest BCUT2D eigenvalue weighted by Gasteiger charge is 2.09. The zero-order chi connectivity index (χ0) is 19.0. The SMILES string of the molecule is Cc1cc(/C=N\N=c2/sc3ccccc3n2C)c(C)n1-c1ccc(I)cc1. The van der Waals surface area contributed by atoms with Gasteiger partial charge < -0.3 is 9.13 Å². The zero-order valence-electron chi connectivity index (χ0n) is 15.3. The summed E-state index contributed by atoms with van der Waals surface area (Å²) >= 11 is 3.97. The lowest BCUT2D eigenvalue weighted by Crippen LogP contribution is -2.08. The predicted octanol–water partition coefficient (Wildman–Crippen LogP) is 5.19. The number of rotatable bonds is 3. The molecule has 4 nitrogen and oxygen atoms in total. The van der Waals surface area contributed by atoms with E-state index in [0.29, 0.717) is 0 Å². The van der Waals surface area contributed by atoms with E-state index in [2.05, 4.69) is 98.2 Å². The van der Waals surface area contributed by atoms with Gasteiger partial charge >= 0.3 is 0 Å². The van der Waals surface area contributed by atoms with Gasteiger partial charge in [0, 0.05) is 33.3 Å². The molecule has 4 rings (SSSR count). The highest BCUT2D eigenvalue weighted by Crippen LogP contribution is 2.21. The molecule has 2 aromatic carbocycles. The van der Waals surface area contributed by atoms with E-state index in [1.165, 1.54) is 19.5 Å². The Labute approximate surface area is 175 Å². The summed E-state index contributed by atoms with van der Waals surface area (Å²) in [7, 11) is 2.02. The number of fused-ring (bicyclic) bond motifs is 1. The molecule has 0 aliphatic heterocycles. The highest BCUT2D eigenvalue weighted by atomic mass is 127. The molecule has 4 aromatic rings. The number of nitrogens with zero attached hydrogens (tertiary/aromatic N) is 4. The minimum absolute atomic E-state index is 0.888. The van der Waals surface area contributed by atoms with E-state index in [4.69, 9.17) is 0 Å². The molecular weight excluding hydrogens is 467 g/mol. The minimum Gasteiger partial charge on any atom is -0.318 e. The second kappa shape index (κ2) is 7.44. The molecule has 0 N–H and O–H groups in total. The van der Waals surface area contributed by atoms with E-state index in [9.17, 15) is 0 Å². The van der Waals surface area contributed by atoms with Crippen molar-refractivity contribution in [3.05, 3.63) is 79.9 Å². The van der Waals surface area contributed by atoms with E-state index >= 15 is 0 Å². The third-order valence-electron chi connectivity index (χ3n) is 4.61. The maximum Gasteiger partial charge on any atom is 0.211 e. The van der Waals surface area contributed by atoms with E-state index < -0.39 is 0 Å². The van der Waals surface area contributed by atoms with Gasteiger partial charge in [-0.1, -0.05) is 23.5 Å². The molecule has 6 heteroatoms. The third kappa shape index (κ3) is 3.51. The molecule has 0 aliphatic carbocycles. The fourth-order valence-electron chi connectivity index (χ4n) is 3.22. The van der Waals surface area contributed by atoms with Crippen LogP contribution in [-0.2, 0) is 7.05 Å². The predicted molar refractivity (Wildman–Crippen MR) is 122 cm³/mol. The molecule has 27 heavy (non-hydrogen) atoms. The van der Waals surface area contributed by atoms with Crippen LogP contribution < -0.4 is 4.80 Å². The van der Waals surface area contributed by atoms with Crippen molar-refractivity contribution in [2.75, 3.05) is 0 Å². The van der Waals surface area contributed by atoms with Crippen LogP contribution in [0, 0.1) is 17.4 Å². The van der Waals surface area contributed by atoms with Crippen LogP contribution in [-0.4, -0.2) is 15.3 Å². The first-order valence-corrected chi connectivity index (χ1v) is 10.5. The van der Waals surface area contributed by atoms with Crippen LogP contribution in [0.3, 0.4) is 0 Å². The molecule has 0 amide bonds. The Morgan fingerprint density at radius 2 is 1.78 bits per heavy atom. The first-order chi connectivity index (χ1) is 13.0. The normalized spacial score (nSPS) is 12.5. The van der Waals surface area contributed by atoms with Crippen molar-refractivity contribution >= 4 is 50.4 Å². The Balaban J connectivity index is 1.69. The van der Waals surface area contributed by atoms with Crippen molar-refractivity contribution in [2.24, 2.45) is 17.3 Å². The summed E-state index contributed by atoms with van der Waals surface area (Å²) in [4.78, 5) is 0.888. The number of para-hydroxylation sites is 1. The molecule has 0 saturated carbocycles. The Morgan fingerprint density at radius 3 is 2.52 bits per heavy atom. The fraction of sp³-hybridized carbons (Fsp3) is 0.143. The van der Waals surface area contributed by atoms with Crippen LogP contribution in [0.25, 0.3) is 15.9 Å². The van der Waals surface area contributed by atoms with Crippen LogP contribution in [0.4, 0.5) is 0 Å². The molecule has 0 bridgehead atoms. The number of aryl methyl sites for hydroxylation is 2. The first kappa shape index (κ1) is 18.2. The van der Waals surface area contributed by atoms with Crippen molar-refractivity contribution in [1.82, 2.24) is 9.13 Å².